The molecule has 0 radical (unpaired) electrons. The number of benzene rings is 1. The molecule has 2 aromatic rings. The van der Waals surface area contributed by atoms with Crippen LogP contribution in [0.15, 0.2) is 18.3 Å². The molecule has 0 aliphatic heterocycles. The van der Waals surface area contributed by atoms with E-state index >= 15 is 0 Å². The second kappa shape index (κ2) is 5.11. The Morgan fingerprint density at radius 1 is 1.20 bits per heavy atom. The Labute approximate surface area is 110 Å². The van der Waals surface area contributed by atoms with Crippen molar-refractivity contribution >= 4 is 11.6 Å². The number of nitrogens with one attached hydrogen (secondary N) is 1. The third-order valence-electron chi connectivity index (χ3n) is 2.45. The molecule has 1 N–H and O–H groups in total. The highest BCUT2D eigenvalue weighted by Gasteiger charge is 2.23. The Bertz CT molecular complexity index is 694. The van der Waals surface area contributed by atoms with Crippen LogP contribution in [0, 0.1) is 27.6 Å². The maximum atomic E-state index is 13.7. The lowest BCUT2D eigenvalue weighted by molar-refractivity contribution is -0.384. The quantitative estimate of drug-likeness (QED) is 0.532. The van der Waals surface area contributed by atoms with Gasteiger partial charge in [-0.2, -0.15) is 0 Å². The Kier molecular flexibility index (Phi) is 3.51. The first-order chi connectivity index (χ1) is 9.43. The maximum Gasteiger partial charge on any atom is 0.313 e. The molecule has 1 aromatic heterocycles. The lowest BCUT2D eigenvalue weighted by atomic mass is 10.1. The van der Waals surface area contributed by atoms with Crippen LogP contribution in [0.5, 0.6) is 0 Å². The fourth-order valence-corrected chi connectivity index (χ4v) is 1.53. The van der Waals surface area contributed by atoms with Crippen LogP contribution >= 0.6 is 0 Å². The van der Waals surface area contributed by atoms with Gasteiger partial charge >= 0.3 is 5.69 Å². The van der Waals surface area contributed by atoms with Crippen LogP contribution in [0.4, 0.5) is 24.8 Å². The molecule has 2 rings (SSSR count). The van der Waals surface area contributed by atoms with Gasteiger partial charge in [-0.3, -0.25) is 10.1 Å². The van der Waals surface area contributed by atoms with Crippen molar-refractivity contribution in [1.82, 2.24) is 9.97 Å². The SMILES string of the molecule is CNc1ncc([N+](=O)[O-])c(-c2cc(F)c(F)cc2F)n1. The molecule has 0 unspecified atom stereocenters. The van der Waals surface area contributed by atoms with Gasteiger partial charge in [0.2, 0.25) is 5.95 Å². The standard InChI is InChI=1S/C11H7F3N4O2/c1-15-11-16-4-9(18(19)20)10(17-11)5-2-7(13)8(14)3-6(5)12/h2-4H,1H3,(H,15,16,17). The largest absolute Gasteiger partial charge is 0.357 e. The van der Waals surface area contributed by atoms with Crippen molar-refractivity contribution in [1.29, 1.82) is 0 Å². The molecule has 6 nitrogen and oxygen atoms in total. The topological polar surface area (TPSA) is 81.0 Å². The lowest BCUT2D eigenvalue weighted by Gasteiger charge is -2.06. The predicted octanol–water partition coefficient (Wildman–Crippen LogP) is 2.51. The number of hydrogen-bond acceptors (Lipinski definition) is 5. The van der Waals surface area contributed by atoms with Crippen LogP contribution in [0.3, 0.4) is 0 Å². The minimum Gasteiger partial charge on any atom is -0.357 e. The van der Waals surface area contributed by atoms with Gasteiger partial charge in [-0.1, -0.05) is 0 Å². The molecule has 0 spiro atoms. The molecule has 0 bridgehead atoms. The average molecular weight is 284 g/mol. The molecule has 0 saturated heterocycles. The van der Waals surface area contributed by atoms with E-state index in [1.807, 2.05) is 0 Å². The molecule has 104 valence electrons. The van der Waals surface area contributed by atoms with Gasteiger partial charge in [0, 0.05) is 18.7 Å². The summed E-state index contributed by atoms with van der Waals surface area (Å²) in [5.41, 5.74) is -1.57. The highest BCUT2D eigenvalue weighted by molar-refractivity contribution is 5.70. The van der Waals surface area contributed by atoms with E-state index in [1.165, 1.54) is 7.05 Å². The zero-order valence-electron chi connectivity index (χ0n) is 10.0. The Morgan fingerprint density at radius 3 is 2.45 bits per heavy atom. The van der Waals surface area contributed by atoms with E-state index in [0.717, 1.165) is 6.20 Å². The predicted molar refractivity (Wildman–Crippen MR) is 63.5 cm³/mol. The van der Waals surface area contributed by atoms with Crippen molar-refractivity contribution in [3.63, 3.8) is 0 Å². The van der Waals surface area contributed by atoms with E-state index in [9.17, 15) is 23.3 Å². The van der Waals surface area contributed by atoms with Gasteiger partial charge in [0.25, 0.3) is 0 Å². The minimum atomic E-state index is -1.39. The minimum absolute atomic E-state index is 0.0188. The number of hydrogen-bond donors (Lipinski definition) is 1. The summed E-state index contributed by atoms with van der Waals surface area (Å²) in [5.74, 6) is -3.90. The lowest BCUT2D eigenvalue weighted by Crippen LogP contribution is -2.03. The first-order valence-corrected chi connectivity index (χ1v) is 5.28. The second-order valence-corrected chi connectivity index (χ2v) is 3.68. The Morgan fingerprint density at radius 2 is 1.85 bits per heavy atom. The molecule has 0 atom stereocenters. The van der Waals surface area contributed by atoms with Gasteiger partial charge in [-0.15, -0.1) is 0 Å². The van der Waals surface area contributed by atoms with E-state index in [0.29, 0.717) is 12.1 Å². The molecule has 0 fully saturated rings. The second-order valence-electron chi connectivity index (χ2n) is 3.68. The number of halogens is 3. The van der Waals surface area contributed by atoms with E-state index < -0.39 is 39.3 Å². The van der Waals surface area contributed by atoms with Crippen LogP contribution in [-0.2, 0) is 0 Å². The van der Waals surface area contributed by atoms with Gasteiger partial charge in [-0.25, -0.2) is 23.1 Å². The van der Waals surface area contributed by atoms with Crippen molar-refractivity contribution in [2.75, 3.05) is 12.4 Å². The third-order valence-corrected chi connectivity index (χ3v) is 2.45. The molecule has 1 aromatic carbocycles. The molecule has 0 aliphatic carbocycles. The number of rotatable bonds is 3. The van der Waals surface area contributed by atoms with Crippen LogP contribution in [0.1, 0.15) is 0 Å². The summed E-state index contributed by atoms with van der Waals surface area (Å²) in [7, 11) is 1.45. The van der Waals surface area contributed by atoms with Crippen molar-refractivity contribution < 1.29 is 18.1 Å². The van der Waals surface area contributed by atoms with E-state index in [4.69, 9.17) is 0 Å². The summed E-state index contributed by atoms with van der Waals surface area (Å²) in [4.78, 5) is 17.4. The smallest absolute Gasteiger partial charge is 0.313 e. The molecule has 1 heterocycles. The van der Waals surface area contributed by atoms with E-state index in [2.05, 4.69) is 15.3 Å². The molecular weight excluding hydrogens is 277 g/mol. The van der Waals surface area contributed by atoms with Gasteiger partial charge in [-0.05, 0) is 6.07 Å². The number of anilines is 1. The molecular formula is C11H7F3N4O2. The molecule has 20 heavy (non-hydrogen) atoms. The summed E-state index contributed by atoms with van der Waals surface area (Å²) in [6.45, 7) is 0. The molecule has 9 heteroatoms. The van der Waals surface area contributed by atoms with Crippen molar-refractivity contribution in [2.24, 2.45) is 0 Å². The summed E-state index contributed by atoms with van der Waals surface area (Å²) < 4.78 is 39.8. The van der Waals surface area contributed by atoms with Gasteiger partial charge in [0.05, 0.1) is 4.92 Å². The summed E-state index contributed by atoms with van der Waals surface area (Å²) in [5, 5.41) is 13.4. The third kappa shape index (κ3) is 2.37. The first kappa shape index (κ1) is 13.7. The highest BCUT2D eigenvalue weighted by atomic mass is 19.2. The normalized spacial score (nSPS) is 10.4. The van der Waals surface area contributed by atoms with Gasteiger partial charge in [0.1, 0.15) is 12.0 Å². The average Bonchev–Trinajstić information content (AvgIpc) is 2.42. The first-order valence-electron chi connectivity index (χ1n) is 5.28. The van der Waals surface area contributed by atoms with Crippen molar-refractivity contribution in [2.45, 2.75) is 0 Å². The maximum absolute atomic E-state index is 13.7. The van der Waals surface area contributed by atoms with Crippen molar-refractivity contribution in [3.05, 3.63) is 45.9 Å². The van der Waals surface area contributed by atoms with E-state index in [1.54, 1.807) is 0 Å². The molecule has 0 amide bonds. The fraction of sp³-hybridized carbons (Fsp3) is 0.0909. The van der Waals surface area contributed by atoms with Crippen LogP contribution in [-0.4, -0.2) is 21.9 Å². The number of nitro groups is 1. The summed E-state index contributed by atoms with van der Waals surface area (Å²) in [6, 6.07) is 0.814. The Hall–Kier alpha value is -2.71. The number of nitrogens with zero attached hydrogens (tertiary/aromatic N) is 3. The monoisotopic (exact) mass is 284 g/mol. The summed E-state index contributed by atoms with van der Waals surface area (Å²) >= 11 is 0. The van der Waals surface area contributed by atoms with Crippen molar-refractivity contribution in [3.8, 4) is 11.3 Å². The number of aromatic nitrogens is 2. The molecule has 0 aliphatic rings. The van der Waals surface area contributed by atoms with Gasteiger partial charge in [0.15, 0.2) is 17.3 Å². The fourth-order valence-electron chi connectivity index (χ4n) is 1.53. The van der Waals surface area contributed by atoms with Crippen LogP contribution in [0.2, 0.25) is 0 Å². The highest BCUT2D eigenvalue weighted by Crippen LogP contribution is 2.31. The Balaban J connectivity index is 2.73. The van der Waals surface area contributed by atoms with Crippen LogP contribution < -0.4 is 5.32 Å². The zero-order valence-corrected chi connectivity index (χ0v) is 10.0. The van der Waals surface area contributed by atoms with Crippen LogP contribution in [0.25, 0.3) is 11.3 Å². The van der Waals surface area contributed by atoms with Gasteiger partial charge < -0.3 is 5.32 Å². The van der Waals surface area contributed by atoms with E-state index in [-0.39, 0.29) is 5.95 Å². The zero-order chi connectivity index (χ0) is 14.9. The molecule has 0 saturated carbocycles. The summed E-state index contributed by atoms with van der Waals surface area (Å²) in [6.07, 6.45) is 0.856.